The highest BCUT2D eigenvalue weighted by Crippen LogP contribution is 2.32. The number of rotatable bonds is 6. The van der Waals surface area contributed by atoms with Crippen molar-refractivity contribution in [3.63, 3.8) is 0 Å². The smallest absolute Gasteiger partial charge is 0.305 e. The van der Waals surface area contributed by atoms with Crippen molar-refractivity contribution < 1.29 is 9.53 Å². The number of carbonyl (C=O) groups is 1. The van der Waals surface area contributed by atoms with Crippen molar-refractivity contribution in [3.05, 3.63) is 34.3 Å². The van der Waals surface area contributed by atoms with E-state index < -0.39 is 0 Å². The fourth-order valence-corrected chi connectivity index (χ4v) is 2.74. The minimum absolute atomic E-state index is 0.108. The van der Waals surface area contributed by atoms with Crippen molar-refractivity contribution in [3.8, 4) is 0 Å². The minimum atomic E-state index is -0.108. The molecule has 3 nitrogen and oxygen atoms in total. The molecule has 0 saturated carbocycles. The molecule has 1 aromatic carbocycles. The Balaban J connectivity index is 1.76. The van der Waals surface area contributed by atoms with E-state index in [9.17, 15) is 4.79 Å². The molecule has 0 radical (unpaired) electrons. The van der Waals surface area contributed by atoms with Crippen molar-refractivity contribution in [1.29, 1.82) is 0 Å². The Bertz CT molecular complexity index is 448. The Morgan fingerprint density at radius 3 is 3.16 bits per heavy atom. The molecule has 2 rings (SSSR count). The molecule has 0 fully saturated rings. The number of esters is 1. The molecule has 19 heavy (non-hydrogen) atoms. The third-order valence-electron chi connectivity index (χ3n) is 3.44. The lowest BCUT2D eigenvalue weighted by Gasteiger charge is -2.13. The second-order valence-electron chi connectivity index (χ2n) is 4.80. The summed E-state index contributed by atoms with van der Waals surface area (Å²) in [6.45, 7) is 3.13. The number of nitrogens with one attached hydrogen (secondary N) is 1. The quantitative estimate of drug-likeness (QED) is 0.642. The van der Waals surface area contributed by atoms with Crippen LogP contribution in [0.2, 0.25) is 5.02 Å². The average molecular weight is 282 g/mol. The van der Waals surface area contributed by atoms with Gasteiger partial charge in [0.2, 0.25) is 0 Å². The predicted octanol–water partition coefficient (Wildman–Crippen LogP) is 3.26. The number of hydrogen-bond donors (Lipinski definition) is 1. The molecule has 1 N–H and O–H groups in total. The summed E-state index contributed by atoms with van der Waals surface area (Å²) in [5.41, 5.74) is 2.69. The lowest BCUT2D eigenvalue weighted by Crippen LogP contribution is -2.21. The maximum absolute atomic E-state index is 11.2. The van der Waals surface area contributed by atoms with Crippen molar-refractivity contribution >= 4 is 17.6 Å². The van der Waals surface area contributed by atoms with Gasteiger partial charge in [0, 0.05) is 17.5 Å². The summed E-state index contributed by atoms with van der Waals surface area (Å²) in [7, 11) is 0. The lowest BCUT2D eigenvalue weighted by molar-refractivity contribution is -0.143. The number of ether oxygens (including phenoxy) is 1. The van der Waals surface area contributed by atoms with Gasteiger partial charge in [0.05, 0.1) is 6.61 Å². The number of halogens is 1. The number of hydrogen-bond acceptors (Lipinski definition) is 3. The first-order chi connectivity index (χ1) is 9.20. The summed E-state index contributed by atoms with van der Waals surface area (Å²) < 4.78 is 4.90. The molecule has 1 unspecified atom stereocenters. The highest BCUT2D eigenvalue weighted by atomic mass is 35.5. The average Bonchev–Trinajstić information content (AvgIpc) is 2.77. The van der Waals surface area contributed by atoms with Gasteiger partial charge in [-0.15, -0.1) is 0 Å². The van der Waals surface area contributed by atoms with E-state index in [-0.39, 0.29) is 5.97 Å². The van der Waals surface area contributed by atoms with Crippen LogP contribution in [0.15, 0.2) is 18.2 Å². The van der Waals surface area contributed by atoms with Crippen LogP contribution >= 0.6 is 11.6 Å². The van der Waals surface area contributed by atoms with Crippen molar-refractivity contribution in [2.45, 2.75) is 38.6 Å². The van der Waals surface area contributed by atoms with Crippen molar-refractivity contribution in [1.82, 2.24) is 5.32 Å². The van der Waals surface area contributed by atoms with Gasteiger partial charge in [-0.1, -0.05) is 17.7 Å². The molecule has 1 atom stereocenters. The summed E-state index contributed by atoms with van der Waals surface area (Å²) in [5.74, 6) is -0.108. The SMILES string of the molecule is CCOC(=O)CCCNC1CCc2cc(Cl)ccc21. The summed E-state index contributed by atoms with van der Waals surface area (Å²) in [6.07, 6.45) is 3.49. The number of benzene rings is 1. The second kappa shape index (κ2) is 6.92. The molecular formula is C15H20ClNO2. The fourth-order valence-electron chi connectivity index (χ4n) is 2.54. The topological polar surface area (TPSA) is 38.3 Å². The molecule has 0 saturated heterocycles. The third kappa shape index (κ3) is 3.95. The Morgan fingerprint density at radius 1 is 1.53 bits per heavy atom. The highest BCUT2D eigenvalue weighted by molar-refractivity contribution is 6.30. The van der Waals surface area contributed by atoms with Gasteiger partial charge in [0.25, 0.3) is 0 Å². The van der Waals surface area contributed by atoms with E-state index in [1.165, 1.54) is 11.1 Å². The van der Waals surface area contributed by atoms with E-state index in [1.54, 1.807) is 0 Å². The summed E-state index contributed by atoms with van der Waals surface area (Å²) in [6, 6.07) is 6.50. The fraction of sp³-hybridized carbons (Fsp3) is 0.533. The molecular weight excluding hydrogens is 262 g/mol. The van der Waals surface area contributed by atoms with Crippen LogP contribution in [-0.4, -0.2) is 19.1 Å². The summed E-state index contributed by atoms with van der Waals surface area (Å²) >= 11 is 5.99. The van der Waals surface area contributed by atoms with Gasteiger partial charge < -0.3 is 10.1 Å². The Kier molecular flexibility index (Phi) is 5.23. The molecule has 1 aliphatic rings. The van der Waals surface area contributed by atoms with E-state index in [0.717, 1.165) is 30.8 Å². The van der Waals surface area contributed by atoms with Crippen LogP contribution < -0.4 is 5.32 Å². The normalized spacial score (nSPS) is 17.3. The van der Waals surface area contributed by atoms with Gasteiger partial charge in [0.15, 0.2) is 0 Å². The van der Waals surface area contributed by atoms with E-state index in [4.69, 9.17) is 16.3 Å². The largest absolute Gasteiger partial charge is 0.466 e. The molecule has 0 heterocycles. The molecule has 104 valence electrons. The standard InChI is InChI=1S/C15H20ClNO2/c1-2-19-15(18)4-3-9-17-14-8-5-11-10-12(16)6-7-13(11)14/h6-7,10,14,17H,2-5,8-9H2,1H3. The molecule has 1 aliphatic carbocycles. The van der Waals surface area contributed by atoms with Crippen LogP contribution in [-0.2, 0) is 16.0 Å². The molecule has 0 bridgehead atoms. The minimum Gasteiger partial charge on any atom is -0.466 e. The van der Waals surface area contributed by atoms with Crippen LogP contribution in [0.1, 0.15) is 43.4 Å². The number of aryl methyl sites for hydroxylation is 1. The van der Waals surface area contributed by atoms with Gasteiger partial charge >= 0.3 is 5.97 Å². The van der Waals surface area contributed by atoms with Crippen molar-refractivity contribution in [2.75, 3.05) is 13.2 Å². The van der Waals surface area contributed by atoms with Crippen LogP contribution in [0.3, 0.4) is 0 Å². The van der Waals surface area contributed by atoms with Gasteiger partial charge in [-0.3, -0.25) is 4.79 Å². The lowest BCUT2D eigenvalue weighted by atomic mass is 10.1. The van der Waals surface area contributed by atoms with Gasteiger partial charge in [-0.2, -0.15) is 0 Å². The number of fused-ring (bicyclic) bond motifs is 1. The first-order valence-electron chi connectivity index (χ1n) is 6.88. The molecule has 0 spiro atoms. The zero-order valence-electron chi connectivity index (χ0n) is 11.2. The molecule has 0 amide bonds. The maximum Gasteiger partial charge on any atom is 0.305 e. The predicted molar refractivity (Wildman–Crippen MR) is 76.4 cm³/mol. The Hall–Kier alpha value is -1.06. The van der Waals surface area contributed by atoms with Crippen LogP contribution in [0.4, 0.5) is 0 Å². The highest BCUT2D eigenvalue weighted by Gasteiger charge is 2.21. The van der Waals surface area contributed by atoms with Gasteiger partial charge in [-0.25, -0.2) is 0 Å². The Morgan fingerprint density at radius 2 is 2.37 bits per heavy atom. The molecule has 4 heteroatoms. The Labute approximate surface area is 119 Å². The zero-order chi connectivity index (χ0) is 13.7. The van der Waals surface area contributed by atoms with Crippen LogP contribution in [0.25, 0.3) is 0 Å². The maximum atomic E-state index is 11.2. The van der Waals surface area contributed by atoms with Crippen molar-refractivity contribution in [2.24, 2.45) is 0 Å². The number of carbonyl (C=O) groups excluding carboxylic acids is 1. The summed E-state index contributed by atoms with van der Waals surface area (Å²) in [4.78, 5) is 11.2. The van der Waals surface area contributed by atoms with Crippen LogP contribution in [0, 0.1) is 0 Å². The monoisotopic (exact) mass is 281 g/mol. The zero-order valence-corrected chi connectivity index (χ0v) is 12.0. The first kappa shape index (κ1) is 14.4. The third-order valence-corrected chi connectivity index (χ3v) is 3.67. The van der Waals surface area contributed by atoms with Crippen LogP contribution in [0.5, 0.6) is 0 Å². The van der Waals surface area contributed by atoms with E-state index in [0.29, 0.717) is 19.1 Å². The first-order valence-corrected chi connectivity index (χ1v) is 7.26. The van der Waals surface area contributed by atoms with E-state index in [1.807, 2.05) is 13.0 Å². The van der Waals surface area contributed by atoms with E-state index in [2.05, 4.69) is 17.4 Å². The van der Waals surface area contributed by atoms with Gasteiger partial charge in [-0.05, 0) is 56.0 Å². The molecule has 0 aromatic heterocycles. The second-order valence-corrected chi connectivity index (χ2v) is 5.23. The molecule has 1 aromatic rings. The summed E-state index contributed by atoms with van der Waals surface area (Å²) in [5, 5.41) is 4.31. The molecule has 0 aliphatic heterocycles. The van der Waals surface area contributed by atoms with Gasteiger partial charge in [0.1, 0.15) is 0 Å². The van der Waals surface area contributed by atoms with E-state index >= 15 is 0 Å².